The van der Waals surface area contributed by atoms with E-state index in [-0.39, 0.29) is 12.1 Å². The van der Waals surface area contributed by atoms with Gasteiger partial charge in [-0.25, -0.2) is 4.79 Å². The largest absolute Gasteiger partial charge is 0.460 e. The lowest BCUT2D eigenvalue weighted by atomic mass is 10.0. The van der Waals surface area contributed by atoms with Crippen molar-refractivity contribution in [1.29, 1.82) is 0 Å². The van der Waals surface area contributed by atoms with E-state index in [0.29, 0.717) is 0 Å². The minimum absolute atomic E-state index is 0.0437. The van der Waals surface area contributed by atoms with E-state index in [4.69, 9.17) is 4.74 Å². The number of allylic oxidation sites excluding steroid dienone is 1. The first-order valence-electron chi connectivity index (χ1n) is 8.91. The number of carbonyl (C=O) groups is 1. The zero-order chi connectivity index (χ0) is 15.9. The van der Waals surface area contributed by atoms with Crippen molar-refractivity contribution in [1.82, 2.24) is 0 Å². The van der Waals surface area contributed by atoms with Gasteiger partial charge >= 0.3 is 5.97 Å². The van der Waals surface area contributed by atoms with E-state index >= 15 is 0 Å². The lowest BCUT2D eigenvalue weighted by molar-refractivity contribution is -0.142. The van der Waals surface area contributed by atoms with E-state index in [2.05, 4.69) is 6.92 Å². The zero-order valence-electron chi connectivity index (χ0n) is 14.7. The lowest BCUT2D eigenvalue weighted by Crippen LogP contribution is -2.13. The zero-order valence-corrected chi connectivity index (χ0v) is 14.7. The van der Waals surface area contributed by atoms with Crippen LogP contribution in [0.1, 0.15) is 98.3 Å². The van der Waals surface area contributed by atoms with Gasteiger partial charge < -0.3 is 4.74 Å². The van der Waals surface area contributed by atoms with E-state index in [1.807, 2.05) is 20.8 Å². The van der Waals surface area contributed by atoms with E-state index < -0.39 is 0 Å². The number of unbranched alkanes of at least 4 members (excludes halogenated alkanes) is 9. The first-order chi connectivity index (χ1) is 10.1. The lowest BCUT2D eigenvalue weighted by Gasteiger charge is -2.11. The molecule has 0 aliphatic carbocycles. The molecule has 1 atom stereocenters. The average molecular weight is 296 g/mol. The highest BCUT2D eigenvalue weighted by atomic mass is 16.5. The molecule has 1 unspecified atom stereocenters. The van der Waals surface area contributed by atoms with Crippen molar-refractivity contribution in [2.75, 3.05) is 0 Å². The number of hydrogen-bond acceptors (Lipinski definition) is 2. The minimum atomic E-state index is -0.199. The number of ether oxygens (including phenoxy) is 1. The molecule has 0 bridgehead atoms. The maximum atomic E-state index is 11.4. The fraction of sp³-hybridized carbons (Fsp3) is 0.842. The summed E-state index contributed by atoms with van der Waals surface area (Å²) in [5.41, 5.74) is 0.992. The van der Waals surface area contributed by atoms with Gasteiger partial charge in [-0.05, 0) is 33.6 Å². The second kappa shape index (κ2) is 14.2. The average Bonchev–Trinajstić information content (AvgIpc) is 2.39. The Labute approximate surface area is 132 Å². The molecule has 0 amide bonds. The summed E-state index contributed by atoms with van der Waals surface area (Å²) in [5.74, 6) is -0.199. The first kappa shape index (κ1) is 20.2. The van der Waals surface area contributed by atoms with Gasteiger partial charge in [-0.1, -0.05) is 70.3 Å². The quantitative estimate of drug-likeness (QED) is 0.230. The third-order valence-corrected chi connectivity index (χ3v) is 3.69. The summed E-state index contributed by atoms with van der Waals surface area (Å²) in [6.45, 7) is 8.07. The van der Waals surface area contributed by atoms with Crippen molar-refractivity contribution in [3.8, 4) is 0 Å². The molecule has 124 valence electrons. The van der Waals surface area contributed by atoms with Crippen molar-refractivity contribution in [2.45, 2.75) is 104 Å². The smallest absolute Gasteiger partial charge is 0.330 e. The predicted octanol–water partition coefficient (Wildman–Crippen LogP) is 6.20. The van der Waals surface area contributed by atoms with Crippen LogP contribution in [-0.4, -0.2) is 12.1 Å². The topological polar surface area (TPSA) is 26.3 Å². The molecule has 2 nitrogen and oxygen atoms in total. The van der Waals surface area contributed by atoms with Crippen LogP contribution in [0, 0.1) is 0 Å². The summed E-state index contributed by atoms with van der Waals surface area (Å²) >= 11 is 0. The van der Waals surface area contributed by atoms with Gasteiger partial charge in [0.05, 0.1) is 6.10 Å². The standard InChI is InChI=1S/C19H36O2/c1-5-6-7-8-9-10-11-12-13-14-15-18(4)21-19(20)16-17(2)3/h16,18H,5-15H2,1-4H3. The first-order valence-corrected chi connectivity index (χ1v) is 8.91. The van der Waals surface area contributed by atoms with Crippen LogP contribution in [0.3, 0.4) is 0 Å². The molecule has 0 aromatic heterocycles. The van der Waals surface area contributed by atoms with Crippen molar-refractivity contribution in [3.05, 3.63) is 11.6 Å². The SMILES string of the molecule is CCCCCCCCCCCCC(C)OC(=O)C=C(C)C. The third kappa shape index (κ3) is 15.4. The summed E-state index contributed by atoms with van der Waals surface area (Å²) in [6, 6.07) is 0. The highest BCUT2D eigenvalue weighted by Gasteiger charge is 2.06. The van der Waals surface area contributed by atoms with Crippen LogP contribution in [0.2, 0.25) is 0 Å². The monoisotopic (exact) mass is 296 g/mol. The second-order valence-electron chi connectivity index (χ2n) is 6.44. The molecular formula is C19H36O2. The molecular weight excluding hydrogens is 260 g/mol. The minimum Gasteiger partial charge on any atom is -0.460 e. The molecule has 2 heteroatoms. The van der Waals surface area contributed by atoms with Gasteiger partial charge in [0.25, 0.3) is 0 Å². The molecule has 0 N–H and O–H groups in total. The van der Waals surface area contributed by atoms with Crippen LogP contribution in [0.5, 0.6) is 0 Å². The van der Waals surface area contributed by atoms with Crippen LogP contribution in [0.4, 0.5) is 0 Å². The molecule has 0 radical (unpaired) electrons. The van der Waals surface area contributed by atoms with E-state index in [0.717, 1.165) is 12.0 Å². The van der Waals surface area contributed by atoms with Crippen LogP contribution < -0.4 is 0 Å². The van der Waals surface area contributed by atoms with E-state index in [1.54, 1.807) is 6.08 Å². The predicted molar refractivity (Wildman–Crippen MR) is 91.4 cm³/mol. The maximum absolute atomic E-state index is 11.4. The van der Waals surface area contributed by atoms with Gasteiger partial charge in [0.2, 0.25) is 0 Å². The van der Waals surface area contributed by atoms with Gasteiger partial charge in [-0.3, -0.25) is 0 Å². The molecule has 0 heterocycles. The van der Waals surface area contributed by atoms with E-state index in [9.17, 15) is 4.79 Å². The van der Waals surface area contributed by atoms with Crippen molar-refractivity contribution in [3.63, 3.8) is 0 Å². The van der Waals surface area contributed by atoms with E-state index in [1.165, 1.54) is 64.2 Å². The molecule has 0 saturated heterocycles. The number of hydrogen-bond donors (Lipinski definition) is 0. The number of carbonyl (C=O) groups excluding carboxylic acids is 1. The van der Waals surface area contributed by atoms with Crippen LogP contribution in [0.15, 0.2) is 11.6 Å². The fourth-order valence-corrected chi connectivity index (χ4v) is 2.45. The molecule has 0 aliphatic heterocycles. The summed E-state index contributed by atoms with van der Waals surface area (Å²) in [5, 5.41) is 0. The number of rotatable bonds is 13. The highest BCUT2D eigenvalue weighted by molar-refractivity contribution is 5.82. The highest BCUT2D eigenvalue weighted by Crippen LogP contribution is 2.13. The van der Waals surface area contributed by atoms with Gasteiger partial charge in [0.15, 0.2) is 0 Å². The number of esters is 1. The fourth-order valence-electron chi connectivity index (χ4n) is 2.45. The molecule has 0 fully saturated rings. The Bertz CT molecular complexity index is 277. The maximum Gasteiger partial charge on any atom is 0.330 e. The Balaban J connectivity index is 3.34. The molecule has 0 saturated carbocycles. The summed E-state index contributed by atoms with van der Waals surface area (Å²) < 4.78 is 5.33. The molecule has 0 aromatic carbocycles. The molecule has 0 aromatic rings. The Morgan fingerprint density at radius 2 is 1.38 bits per heavy atom. The second-order valence-corrected chi connectivity index (χ2v) is 6.44. The molecule has 0 aliphatic rings. The molecule has 21 heavy (non-hydrogen) atoms. The molecule has 0 rings (SSSR count). The van der Waals surface area contributed by atoms with Gasteiger partial charge in [-0.2, -0.15) is 0 Å². The van der Waals surface area contributed by atoms with Crippen LogP contribution in [0.25, 0.3) is 0 Å². The third-order valence-electron chi connectivity index (χ3n) is 3.69. The summed E-state index contributed by atoms with van der Waals surface area (Å²) in [6.07, 6.45) is 16.0. The van der Waals surface area contributed by atoms with Gasteiger partial charge in [0.1, 0.15) is 0 Å². The van der Waals surface area contributed by atoms with Crippen LogP contribution in [-0.2, 0) is 9.53 Å². The summed E-state index contributed by atoms with van der Waals surface area (Å²) in [4.78, 5) is 11.4. The Kier molecular flexibility index (Phi) is 13.6. The normalized spacial score (nSPS) is 12.0. The Morgan fingerprint density at radius 3 is 1.86 bits per heavy atom. The van der Waals surface area contributed by atoms with Crippen molar-refractivity contribution in [2.24, 2.45) is 0 Å². The Hall–Kier alpha value is -0.790. The van der Waals surface area contributed by atoms with Gasteiger partial charge in [0, 0.05) is 6.08 Å². The van der Waals surface area contributed by atoms with Crippen molar-refractivity contribution < 1.29 is 9.53 Å². The van der Waals surface area contributed by atoms with Crippen molar-refractivity contribution >= 4 is 5.97 Å². The van der Waals surface area contributed by atoms with Gasteiger partial charge in [-0.15, -0.1) is 0 Å². The summed E-state index contributed by atoms with van der Waals surface area (Å²) in [7, 11) is 0. The van der Waals surface area contributed by atoms with Crippen LogP contribution >= 0.6 is 0 Å². The Morgan fingerprint density at radius 1 is 0.905 bits per heavy atom. The molecule has 0 spiro atoms.